The lowest BCUT2D eigenvalue weighted by Gasteiger charge is -2.10. The molecule has 11 heteroatoms. The number of nitrogens with one attached hydrogen (secondary N) is 2. The predicted molar refractivity (Wildman–Crippen MR) is 128 cm³/mol. The van der Waals surface area contributed by atoms with Crippen LogP contribution in [0, 0.1) is 6.92 Å². The Morgan fingerprint density at radius 1 is 1.09 bits per heavy atom. The van der Waals surface area contributed by atoms with E-state index in [0.717, 1.165) is 23.0 Å². The lowest BCUT2D eigenvalue weighted by atomic mass is 10.2. The molecule has 0 bridgehead atoms. The predicted octanol–water partition coefficient (Wildman–Crippen LogP) is 2.85. The van der Waals surface area contributed by atoms with Gasteiger partial charge in [0.05, 0.1) is 21.8 Å². The minimum Gasteiger partial charge on any atom is -0.320 e. The molecule has 0 saturated carbocycles. The molecular weight excluding hydrogens is 454 g/mol. The van der Waals surface area contributed by atoms with E-state index in [4.69, 9.17) is 0 Å². The van der Waals surface area contributed by atoms with Crippen LogP contribution in [0.4, 0.5) is 5.69 Å². The first-order valence-electron chi connectivity index (χ1n) is 10.7. The molecular formula is C23H21N7O3S. The molecule has 1 amide bonds. The van der Waals surface area contributed by atoms with Gasteiger partial charge in [-0.2, -0.15) is 0 Å². The van der Waals surface area contributed by atoms with Crippen LogP contribution in [0.15, 0.2) is 70.7 Å². The maximum Gasteiger partial charge on any atom is 0.278 e. The van der Waals surface area contributed by atoms with Crippen molar-refractivity contribution < 1.29 is 13.2 Å². The third-order valence-electron chi connectivity index (χ3n) is 5.49. The van der Waals surface area contributed by atoms with Crippen molar-refractivity contribution in [2.75, 3.05) is 11.9 Å². The number of hydrogen-bond acceptors (Lipinski definition) is 7. The Morgan fingerprint density at radius 2 is 1.94 bits per heavy atom. The molecule has 3 heterocycles. The van der Waals surface area contributed by atoms with Crippen molar-refractivity contribution in [3.8, 4) is 5.69 Å². The van der Waals surface area contributed by atoms with Crippen LogP contribution < -0.4 is 10.0 Å². The van der Waals surface area contributed by atoms with E-state index in [2.05, 4.69) is 30.3 Å². The quantitative estimate of drug-likeness (QED) is 0.456. The van der Waals surface area contributed by atoms with Gasteiger partial charge in [-0.05, 0) is 55.8 Å². The van der Waals surface area contributed by atoms with Crippen molar-refractivity contribution in [3.63, 3.8) is 0 Å². The first kappa shape index (κ1) is 21.7. The molecule has 4 aromatic rings. The van der Waals surface area contributed by atoms with Gasteiger partial charge in [0.1, 0.15) is 5.84 Å². The molecule has 0 radical (unpaired) electrons. The molecule has 5 rings (SSSR count). The zero-order chi connectivity index (χ0) is 23.7. The fourth-order valence-corrected chi connectivity index (χ4v) is 4.94. The van der Waals surface area contributed by atoms with Crippen LogP contribution >= 0.6 is 0 Å². The van der Waals surface area contributed by atoms with Gasteiger partial charge in [0.15, 0.2) is 5.69 Å². The number of hydrogen-bond donors (Lipinski definition) is 2. The van der Waals surface area contributed by atoms with Crippen LogP contribution in [0.5, 0.6) is 0 Å². The number of rotatable bonds is 5. The Morgan fingerprint density at radius 3 is 2.76 bits per heavy atom. The monoisotopic (exact) mass is 475 g/mol. The van der Waals surface area contributed by atoms with Crippen LogP contribution in [-0.4, -0.2) is 46.7 Å². The number of amides is 1. The smallest absolute Gasteiger partial charge is 0.278 e. The van der Waals surface area contributed by atoms with Crippen molar-refractivity contribution >= 4 is 38.4 Å². The molecule has 2 aromatic carbocycles. The number of aliphatic imine (C=N–C) groups is 1. The van der Waals surface area contributed by atoms with E-state index in [1.165, 1.54) is 12.1 Å². The second kappa shape index (κ2) is 8.67. The standard InChI is InChI=1S/C23H21N7O3S/c1-15-22(27-29-30(15)20-10-3-9-19-18(20)8-4-12-24-19)23(31)26-16-6-2-7-17(14-16)34(32,33)28-21-11-5-13-25-21/h2-4,6-10,12,14H,5,11,13H2,1H3,(H,25,28)(H,26,31). The van der Waals surface area contributed by atoms with Crippen LogP contribution in [0.2, 0.25) is 0 Å². The number of sulfonamides is 1. The number of anilines is 1. The molecule has 34 heavy (non-hydrogen) atoms. The summed E-state index contributed by atoms with van der Waals surface area (Å²) in [7, 11) is -3.80. The van der Waals surface area contributed by atoms with Crippen LogP contribution in [0.3, 0.4) is 0 Å². The summed E-state index contributed by atoms with van der Waals surface area (Å²) >= 11 is 0. The van der Waals surface area contributed by atoms with Crippen molar-refractivity contribution in [1.29, 1.82) is 0 Å². The van der Waals surface area contributed by atoms with Crippen LogP contribution in [0.1, 0.15) is 29.0 Å². The van der Waals surface area contributed by atoms with Gasteiger partial charge in [-0.25, -0.2) is 13.1 Å². The Balaban J connectivity index is 1.40. The van der Waals surface area contributed by atoms with E-state index in [1.807, 2.05) is 30.3 Å². The molecule has 0 aliphatic carbocycles. The number of benzene rings is 2. The molecule has 0 fully saturated rings. The van der Waals surface area contributed by atoms with E-state index in [0.29, 0.717) is 30.2 Å². The minimum absolute atomic E-state index is 0.0310. The molecule has 0 atom stereocenters. The number of carbonyl (C=O) groups excluding carboxylic acids is 1. The highest BCUT2D eigenvalue weighted by Crippen LogP contribution is 2.23. The summed E-state index contributed by atoms with van der Waals surface area (Å²) in [5.41, 5.74) is 2.55. The van der Waals surface area contributed by atoms with Crippen LogP contribution in [0.25, 0.3) is 16.6 Å². The fourth-order valence-electron chi connectivity index (χ4n) is 3.81. The van der Waals surface area contributed by atoms with E-state index in [1.54, 1.807) is 29.9 Å². The van der Waals surface area contributed by atoms with Gasteiger partial charge in [-0.15, -0.1) is 5.10 Å². The minimum atomic E-state index is -3.80. The van der Waals surface area contributed by atoms with E-state index >= 15 is 0 Å². The maximum atomic E-state index is 13.0. The second-order valence-corrected chi connectivity index (χ2v) is 9.48. The maximum absolute atomic E-state index is 13.0. The van der Waals surface area contributed by atoms with Crippen molar-refractivity contribution in [1.82, 2.24) is 24.7 Å². The van der Waals surface area contributed by atoms with E-state index < -0.39 is 15.9 Å². The second-order valence-electron chi connectivity index (χ2n) is 7.80. The van der Waals surface area contributed by atoms with E-state index in [9.17, 15) is 13.2 Å². The zero-order valence-electron chi connectivity index (χ0n) is 18.3. The Hall–Kier alpha value is -4.12. The van der Waals surface area contributed by atoms with Gasteiger partial charge in [-0.1, -0.05) is 17.3 Å². The van der Waals surface area contributed by atoms with E-state index in [-0.39, 0.29) is 10.6 Å². The summed E-state index contributed by atoms with van der Waals surface area (Å²) in [5, 5.41) is 11.8. The van der Waals surface area contributed by atoms with Crippen molar-refractivity contribution in [2.24, 2.45) is 4.99 Å². The van der Waals surface area contributed by atoms with Gasteiger partial charge < -0.3 is 5.32 Å². The summed E-state index contributed by atoms with van der Waals surface area (Å²) in [6.07, 6.45) is 3.13. The number of pyridine rings is 1. The average Bonchev–Trinajstić information content (AvgIpc) is 3.48. The van der Waals surface area contributed by atoms with Gasteiger partial charge in [0.25, 0.3) is 15.9 Å². The number of fused-ring (bicyclic) bond motifs is 1. The van der Waals surface area contributed by atoms with Gasteiger partial charge in [0.2, 0.25) is 0 Å². The van der Waals surface area contributed by atoms with Gasteiger partial charge in [0, 0.05) is 30.2 Å². The van der Waals surface area contributed by atoms with Gasteiger partial charge in [-0.3, -0.25) is 19.5 Å². The molecule has 2 N–H and O–H groups in total. The third kappa shape index (κ3) is 4.13. The Bertz CT molecular complexity index is 1540. The van der Waals surface area contributed by atoms with Gasteiger partial charge >= 0.3 is 0 Å². The Kier molecular flexibility index (Phi) is 5.54. The molecule has 0 saturated heterocycles. The number of amidine groups is 1. The zero-order valence-corrected chi connectivity index (χ0v) is 19.1. The lowest BCUT2D eigenvalue weighted by Crippen LogP contribution is -2.29. The highest BCUT2D eigenvalue weighted by atomic mass is 32.2. The molecule has 10 nitrogen and oxygen atoms in total. The molecule has 1 aliphatic rings. The summed E-state index contributed by atoms with van der Waals surface area (Å²) in [6, 6.07) is 15.4. The summed E-state index contributed by atoms with van der Waals surface area (Å²) in [5.74, 6) is -0.0462. The highest BCUT2D eigenvalue weighted by molar-refractivity contribution is 7.90. The third-order valence-corrected chi connectivity index (χ3v) is 6.87. The Labute approximate surface area is 195 Å². The SMILES string of the molecule is Cc1c(C(=O)Nc2cccc(S(=O)(=O)NC3=NCCC3)c2)nnn1-c1cccc2ncccc12. The summed E-state index contributed by atoms with van der Waals surface area (Å²) in [4.78, 5) is 21.5. The normalized spacial score (nSPS) is 13.6. The van der Waals surface area contributed by atoms with Crippen LogP contribution in [-0.2, 0) is 10.0 Å². The molecule has 0 unspecified atom stereocenters. The molecule has 0 spiro atoms. The first-order chi connectivity index (χ1) is 16.4. The fraction of sp³-hybridized carbons (Fsp3) is 0.174. The largest absolute Gasteiger partial charge is 0.320 e. The van der Waals surface area contributed by atoms with Crippen molar-refractivity contribution in [3.05, 3.63) is 72.2 Å². The molecule has 1 aliphatic heterocycles. The number of nitrogens with zero attached hydrogens (tertiary/aromatic N) is 5. The summed E-state index contributed by atoms with van der Waals surface area (Å²) < 4.78 is 29.5. The first-order valence-corrected chi connectivity index (χ1v) is 12.1. The summed E-state index contributed by atoms with van der Waals surface area (Å²) in [6.45, 7) is 2.36. The number of aromatic nitrogens is 4. The average molecular weight is 476 g/mol. The van der Waals surface area contributed by atoms with Crippen molar-refractivity contribution in [2.45, 2.75) is 24.7 Å². The highest BCUT2D eigenvalue weighted by Gasteiger charge is 2.21. The lowest BCUT2D eigenvalue weighted by molar-refractivity contribution is 0.102. The molecule has 2 aromatic heterocycles. The number of carbonyl (C=O) groups is 1. The topological polar surface area (TPSA) is 131 Å². The molecule has 172 valence electrons.